The summed E-state index contributed by atoms with van der Waals surface area (Å²) in [5.74, 6) is 0.912. The molecule has 128 valence electrons. The molecule has 1 N–H and O–H groups in total. The molecular weight excluding hydrogens is 330 g/mol. The highest BCUT2D eigenvalue weighted by Gasteiger charge is 2.12. The van der Waals surface area contributed by atoms with Gasteiger partial charge in [-0.25, -0.2) is 8.42 Å². The molecule has 0 aliphatic heterocycles. The lowest BCUT2D eigenvalue weighted by Crippen LogP contribution is -2.15. The second-order valence-corrected chi connectivity index (χ2v) is 7.22. The van der Waals surface area contributed by atoms with Crippen molar-refractivity contribution < 1.29 is 22.7 Å². The third-order valence-electron chi connectivity index (χ3n) is 3.39. The van der Waals surface area contributed by atoms with Gasteiger partial charge < -0.3 is 14.8 Å². The van der Waals surface area contributed by atoms with Crippen LogP contribution in [0.1, 0.15) is 5.56 Å². The maximum atomic E-state index is 12.2. The quantitative estimate of drug-likeness (QED) is 0.865. The lowest BCUT2D eigenvalue weighted by Gasteiger charge is -2.11. The zero-order valence-electron chi connectivity index (χ0n) is 13.7. The van der Waals surface area contributed by atoms with Gasteiger partial charge in [0.05, 0.1) is 25.5 Å². The molecule has 24 heavy (non-hydrogen) atoms. The number of carbonyl (C=O) groups excluding carboxylic acids is 1. The molecule has 0 aromatic heterocycles. The van der Waals surface area contributed by atoms with Crippen LogP contribution in [-0.2, 0) is 21.1 Å². The van der Waals surface area contributed by atoms with E-state index in [0.29, 0.717) is 22.7 Å². The zero-order valence-corrected chi connectivity index (χ0v) is 14.5. The van der Waals surface area contributed by atoms with Crippen LogP contribution in [0, 0.1) is 0 Å². The number of ether oxygens (including phenoxy) is 2. The third-order valence-corrected chi connectivity index (χ3v) is 4.50. The average Bonchev–Trinajstić information content (AvgIpc) is 2.54. The SMILES string of the molecule is COc1ccc(CC(=O)Nc2cccc(S(C)(=O)=O)c2)c(OC)c1. The van der Waals surface area contributed by atoms with E-state index in [2.05, 4.69) is 5.32 Å². The summed E-state index contributed by atoms with van der Waals surface area (Å²) in [4.78, 5) is 12.4. The molecule has 0 spiro atoms. The largest absolute Gasteiger partial charge is 0.497 e. The van der Waals surface area contributed by atoms with Gasteiger partial charge >= 0.3 is 0 Å². The zero-order chi connectivity index (χ0) is 17.7. The van der Waals surface area contributed by atoms with Gasteiger partial charge in [0.2, 0.25) is 5.91 Å². The van der Waals surface area contributed by atoms with Gasteiger partial charge in [-0.15, -0.1) is 0 Å². The first-order chi connectivity index (χ1) is 11.3. The first-order valence-electron chi connectivity index (χ1n) is 7.14. The van der Waals surface area contributed by atoms with Crippen LogP contribution in [0.3, 0.4) is 0 Å². The second kappa shape index (κ2) is 7.35. The Kier molecular flexibility index (Phi) is 5.46. The summed E-state index contributed by atoms with van der Waals surface area (Å²) in [6.07, 6.45) is 1.21. The predicted octanol–water partition coefficient (Wildman–Crippen LogP) is 2.29. The molecule has 0 aliphatic rings. The third kappa shape index (κ3) is 4.48. The fourth-order valence-electron chi connectivity index (χ4n) is 2.18. The molecule has 0 unspecified atom stereocenters. The van der Waals surface area contributed by atoms with E-state index in [4.69, 9.17) is 9.47 Å². The van der Waals surface area contributed by atoms with Crippen molar-refractivity contribution in [1.29, 1.82) is 0 Å². The number of methoxy groups -OCH3 is 2. The highest BCUT2D eigenvalue weighted by Crippen LogP contribution is 2.25. The molecule has 7 heteroatoms. The minimum absolute atomic E-state index is 0.0935. The Bertz CT molecular complexity index is 846. The Labute approximate surface area is 141 Å². The Morgan fingerprint density at radius 1 is 1.08 bits per heavy atom. The number of carbonyl (C=O) groups is 1. The number of hydrogen-bond acceptors (Lipinski definition) is 5. The van der Waals surface area contributed by atoms with Crippen LogP contribution in [0.25, 0.3) is 0 Å². The fourth-order valence-corrected chi connectivity index (χ4v) is 2.85. The molecule has 0 fully saturated rings. The van der Waals surface area contributed by atoms with Crippen molar-refractivity contribution in [3.8, 4) is 11.5 Å². The number of benzene rings is 2. The Morgan fingerprint density at radius 2 is 1.83 bits per heavy atom. The van der Waals surface area contributed by atoms with Crippen LogP contribution < -0.4 is 14.8 Å². The summed E-state index contributed by atoms with van der Waals surface area (Å²) >= 11 is 0. The molecule has 0 saturated heterocycles. The lowest BCUT2D eigenvalue weighted by molar-refractivity contribution is -0.115. The van der Waals surface area contributed by atoms with Crippen molar-refractivity contribution >= 4 is 21.4 Å². The molecule has 2 aromatic carbocycles. The normalized spacial score (nSPS) is 11.0. The fraction of sp³-hybridized carbons (Fsp3) is 0.235. The molecule has 0 radical (unpaired) electrons. The van der Waals surface area contributed by atoms with E-state index >= 15 is 0 Å². The van der Waals surface area contributed by atoms with Gasteiger partial charge in [0.15, 0.2) is 9.84 Å². The van der Waals surface area contributed by atoms with Gasteiger partial charge in [0.25, 0.3) is 0 Å². The minimum Gasteiger partial charge on any atom is -0.497 e. The van der Waals surface area contributed by atoms with Gasteiger partial charge in [-0.05, 0) is 24.3 Å². The van der Waals surface area contributed by atoms with Crippen molar-refractivity contribution in [2.24, 2.45) is 0 Å². The molecule has 0 bridgehead atoms. The smallest absolute Gasteiger partial charge is 0.228 e. The second-order valence-electron chi connectivity index (χ2n) is 5.20. The van der Waals surface area contributed by atoms with Crippen LogP contribution in [0.4, 0.5) is 5.69 Å². The van der Waals surface area contributed by atoms with Crippen molar-refractivity contribution in [1.82, 2.24) is 0 Å². The van der Waals surface area contributed by atoms with Crippen molar-refractivity contribution in [3.63, 3.8) is 0 Å². The number of amides is 1. The van der Waals surface area contributed by atoms with Crippen molar-refractivity contribution in [3.05, 3.63) is 48.0 Å². The first kappa shape index (κ1) is 17.8. The summed E-state index contributed by atoms with van der Waals surface area (Å²) in [6.45, 7) is 0. The van der Waals surface area contributed by atoms with Crippen LogP contribution in [0.15, 0.2) is 47.4 Å². The highest BCUT2D eigenvalue weighted by atomic mass is 32.2. The molecule has 2 rings (SSSR count). The van der Waals surface area contributed by atoms with E-state index in [-0.39, 0.29) is 17.2 Å². The summed E-state index contributed by atoms with van der Waals surface area (Å²) in [7, 11) is -0.252. The molecule has 0 saturated carbocycles. The van der Waals surface area contributed by atoms with Gasteiger partial charge in [-0.1, -0.05) is 12.1 Å². The van der Waals surface area contributed by atoms with Crippen molar-refractivity contribution in [2.45, 2.75) is 11.3 Å². The number of hydrogen-bond donors (Lipinski definition) is 1. The van der Waals surface area contributed by atoms with E-state index in [1.807, 2.05) is 0 Å². The summed E-state index contributed by atoms with van der Waals surface area (Å²) in [6, 6.07) is 11.3. The number of rotatable bonds is 6. The van der Waals surface area contributed by atoms with Gasteiger partial charge in [0.1, 0.15) is 11.5 Å². The molecule has 0 atom stereocenters. The van der Waals surface area contributed by atoms with Crippen molar-refractivity contribution in [2.75, 3.05) is 25.8 Å². The Morgan fingerprint density at radius 3 is 2.46 bits per heavy atom. The minimum atomic E-state index is -3.32. The number of nitrogens with one attached hydrogen (secondary N) is 1. The molecule has 1 amide bonds. The molecule has 6 nitrogen and oxygen atoms in total. The highest BCUT2D eigenvalue weighted by molar-refractivity contribution is 7.90. The maximum Gasteiger partial charge on any atom is 0.228 e. The van der Waals surface area contributed by atoms with Crippen LogP contribution in [0.2, 0.25) is 0 Å². The Balaban J connectivity index is 2.14. The van der Waals surface area contributed by atoms with Crippen LogP contribution in [-0.4, -0.2) is 34.8 Å². The standard InChI is InChI=1S/C17H19NO5S/c1-22-14-8-7-12(16(11-14)23-2)9-17(19)18-13-5-4-6-15(10-13)24(3,20)21/h4-8,10-11H,9H2,1-3H3,(H,18,19). The van der Waals surface area contributed by atoms with E-state index in [0.717, 1.165) is 6.26 Å². The average molecular weight is 349 g/mol. The van der Waals surface area contributed by atoms with E-state index in [9.17, 15) is 13.2 Å². The molecule has 0 heterocycles. The summed E-state index contributed by atoms with van der Waals surface area (Å²) in [5.41, 5.74) is 1.13. The summed E-state index contributed by atoms with van der Waals surface area (Å²) in [5, 5.41) is 2.69. The molecule has 2 aromatic rings. The first-order valence-corrected chi connectivity index (χ1v) is 9.03. The molecular formula is C17H19NO5S. The summed E-state index contributed by atoms with van der Waals surface area (Å²) < 4.78 is 33.5. The maximum absolute atomic E-state index is 12.2. The van der Waals surface area contributed by atoms with E-state index in [1.54, 1.807) is 37.4 Å². The predicted molar refractivity (Wildman–Crippen MR) is 91.4 cm³/mol. The topological polar surface area (TPSA) is 81.7 Å². The van der Waals surface area contributed by atoms with E-state index in [1.165, 1.54) is 19.2 Å². The van der Waals surface area contributed by atoms with E-state index < -0.39 is 9.84 Å². The number of sulfone groups is 1. The number of anilines is 1. The van der Waals surface area contributed by atoms with Gasteiger partial charge in [-0.3, -0.25) is 4.79 Å². The van der Waals surface area contributed by atoms with Gasteiger partial charge in [-0.2, -0.15) is 0 Å². The molecule has 0 aliphatic carbocycles. The van der Waals surface area contributed by atoms with Crippen LogP contribution in [0.5, 0.6) is 11.5 Å². The van der Waals surface area contributed by atoms with Gasteiger partial charge in [0, 0.05) is 23.6 Å². The lowest BCUT2D eigenvalue weighted by atomic mass is 10.1. The van der Waals surface area contributed by atoms with Crippen LogP contribution >= 0.6 is 0 Å². The monoisotopic (exact) mass is 349 g/mol. The Hall–Kier alpha value is -2.54.